The minimum Gasteiger partial charge on any atom is -0.456 e. The van der Waals surface area contributed by atoms with Crippen LogP contribution < -0.4 is 10.6 Å². The second-order valence-electron chi connectivity index (χ2n) is 7.16. The van der Waals surface area contributed by atoms with Crippen molar-refractivity contribution in [2.45, 2.75) is 39.0 Å². The number of allylic oxidation sites excluding steroid dienone is 1. The number of nitrogens with zero attached hydrogens (tertiary/aromatic N) is 4. The van der Waals surface area contributed by atoms with Crippen LogP contribution in [0.25, 0.3) is 0 Å². The summed E-state index contributed by atoms with van der Waals surface area (Å²) in [4.78, 5) is 21.4. The number of carbonyl (C=O) groups is 1. The lowest BCUT2D eigenvalue weighted by Crippen LogP contribution is -2.46. The molecule has 3 rings (SSSR count). The van der Waals surface area contributed by atoms with Crippen molar-refractivity contribution in [1.29, 1.82) is 0 Å². The van der Waals surface area contributed by atoms with Gasteiger partial charge in [0.15, 0.2) is 5.82 Å². The molecule has 0 fully saturated rings. The van der Waals surface area contributed by atoms with E-state index in [9.17, 15) is 4.79 Å². The molecule has 8 heteroatoms. The largest absolute Gasteiger partial charge is 0.456 e. The lowest BCUT2D eigenvalue weighted by molar-refractivity contribution is -0.158. The van der Waals surface area contributed by atoms with Crippen LogP contribution in [0.2, 0.25) is 0 Å². The molecule has 1 aromatic heterocycles. The molecule has 0 bridgehead atoms. The molecule has 0 amide bonds. The number of ether oxygens (including phenoxy) is 1. The van der Waals surface area contributed by atoms with E-state index in [0.29, 0.717) is 17.3 Å². The minimum atomic E-state index is -1.46. The van der Waals surface area contributed by atoms with Gasteiger partial charge in [-0.25, -0.2) is 9.78 Å². The van der Waals surface area contributed by atoms with Gasteiger partial charge in [0.05, 0.1) is 18.1 Å². The van der Waals surface area contributed by atoms with Crippen molar-refractivity contribution in [3.8, 4) is 0 Å². The van der Waals surface area contributed by atoms with Gasteiger partial charge in [-0.3, -0.25) is 4.98 Å². The van der Waals surface area contributed by atoms with Crippen molar-refractivity contribution in [3.63, 3.8) is 0 Å². The molecule has 2 N–H and O–H groups in total. The number of esters is 1. The van der Waals surface area contributed by atoms with Gasteiger partial charge in [-0.05, 0) is 45.9 Å². The standard InChI is InChI=1S/C19H22N6O2/c1-13-10-19(25-24-13,17(26)27-18(2,3)4)23-16-12-20-11-15(22-16)21-14-8-6-5-7-9-14/h5-12H,1-4H3,(H2,21,22,23). The topological polar surface area (TPSA) is 101 Å². The van der Waals surface area contributed by atoms with E-state index in [1.54, 1.807) is 40.0 Å². The number of hydrogen-bond acceptors (Lipinski definition) is 8. The van der Waals surface area contributed by atoms with Gasteiger partial charge in [0.25, 0.3) is 5.66 Å². The van der Waals surface area contributed by atoms with E-state index in [4.69, 9.17) is 4.74 Å². The van der Waals surface area contributed by atoms with Gasteiger partial charge in [0.1, 0.15) is 11.4 Å². The quantitative estimate of drug-likeness (QED) is 0.775. The molecule has 27 heavy (non-hydrogen) atoms. The summed E-state index contributed by atoms with van der Waals surface area (Å²) in [6.45, 7) is 7.15. The Labute approximate surface area is 157 Å². The van der Waals surface area contributed by atoms with Crippen LogP contribution in [0.4, 0.5) is 17.3 Å². The highest BCUT2D eigenvalue weighted by atomic mass is 16.6. The molecular formula is C19H22N6O2. The van der Waals surface area contributed by atoms with E-state index in [2.05, 4.69) is 30.8 Å². The van der Waals surface area contributed by atoms with E-state index in [1.165, 1.54) is 6.20 Å². The minimum absolute atomic E-state index is 0.367. The summed E-state index contributed by atoms with van der Waals surface area (Å²) in [6, 6.07) is 9.60. The van der Waals surface area contributed by atoms with Gasteiger partial charge in [0.2, 0.25) is 0 Å². The summed E-state index contributed by atoms with van der Waals surface area (Å²) in [5.74, 6) is 0.340. The molecule has 1 aliphatic heterocycles. The summed E-state index contributed by atoms with van der Waals surface area (Å²) >= 11 is 0. The molecule has 0 saturated carbocycles. The third kappa shape index (κ3) is 4.66. The van der Waals surface area contributed by atoms with Crippen LogP contribution in [0, 0.1) is 0 Å². The Morgan fingerprint density at radius 3 is 2.44 bits per heavy atom. The highest BCUT2D eigenvalue weighted by Crippen LogP contribution is 2.29. The van der Waals surface area contributed by atoms with Crippen molar-refractivity contribution in [2.24, 2.45) is 10.2 Å². The fourth-order valence-corrected chi connectivity index (χ4v) is 2.44. The maximum atomic E-state index is 12.8. The van der Waals surface area contributed by atoms with Crippen LogP contribution in [0.5, 0.6) is 0 Å². The fourth-order valence-electron chi connectivity index (χ4n) is 2.44. The Bertz CT molecular complexity index is 889. The number of benzene rings is 1. The van der Waals surface area contributed by atoms with Gasteiger partial charge in [-0.2, -0.15) is 5.11 Å². The van der Waals surface area contributed by atoms with E-state index >= 15 is 0 Å². The molecule has 1 aliphatic rings. The average molecular weight is 366 g/mol. The Hall–Kier alpha value is -3.29. The number of para-hydroxylation sites is 1. The molecule has 1 atom stereocenters. The van der Waals surface area contributed by atoms with Gasteiger partial charge in [-0.15, -0.1) is 5.11 Å². The number of anilines is 3. The van der Waals surface area contributed by atoms with Crippen molar-refractivity contribution in [2.75, 3.05) is 10.6 Å². The number of rotatable bonds is 5. The molecule has 2 aromatic rings. The van der Waals surface area contributed by atoms with Gasteiger partial charge >= 0.3 is 5.97 Å². The van der Waals surface area contributed by atoms with Crippen LogP contribution >= 0.6 is 0 Å². The van der Waals surface area contributed by atoms with Crippen LogP contribution in [-0.2, 0) is 9.53 Å². The summed E-state index contributed by atoms with van der Waals surface area (Å²) in [6.07, 6.45) is 4.72. The zero-order valence-electron chi connectivity index (χ0n) is 15.7. The second-order valence-corrected chi connectivity index (χ2v) is 7.16. The van der Waals surface area contributed by atoms with Crippen molar-refractivity contribution in [1.82, 2.24) is 9.97 Å². The molecule has 0 radical (unpaired) electrons. The summed E-state index contributed by atoms with van der Waals surface area (Å²) in [5.41, 5.74) is -0.632. The summed E-state index contributed by atoms with van der Waals surface area (Å²) in [7, 11) is 0. The molecule has 0 aliphatic carbocycles. The Morgan fingerprint density at radius 1 is 1.11 bits per heavy atom. The van der Waals surface area contributed by atoms with Crippen molar-refractivity contribution < 1.29 is 9.53 Å². The molecule has 2 heterocycles. The van der Waals surface area contributed by atoms with Crippen molar-refractivity contribution in [3.05, 3.63) is 54.5 Å². The summed E-state index contributed by atoms with van der Waals surface area (Å²) < 4.78 is 5.51. The first kappa shape index (κ1) is 18.5. The molecule has 140 valence electrons. The first-order valence-electron chi connectivity index (χ1n) is 8.54. The first-order valence-corrected chi connectivity index (χ1v) is 8.54. The van der Waals surface area contributed by atoms with Crippen LogP contribution in [-0.4, -0.2) is 27.2 Å². The van der Waals surface area contributed by atoms with Gasteiger partial charge in [-0.1, -0.05) is 18.2 Å². The smallest absolute Gasteiger partial charge is 0.361 e. The number of aromatic nitrogens is 2. The normalized spacial score (nSPS) is 18.7. The SMILES string of the molecule is CC1=CC(Nc2cncc(Nc3ccccc3)n2)(C(=O)OC(C)(C)C)N=N1. The zero-order chi connectivity index (χ0) is 19.5. The molecule has 1 unspecified atom stereocenters. The van der Waals surface area contributed by atoms with E-state index in [-0.39, 0.29) is 0 Å². The Balaban J connectivity index is 1.84. The predicted octanol–water partition coefficient (Wildman–Crippen LogP) is 4.04. The Morgan fingerprint density at radius 2 is 1.81 bits per heavy atom. The maximum Gasteiger partial charge on any atom is 0.361 e. The Kier molecular flexibility index (Phi) is 4.89. The van der Waals surface area contributed by atoms with Gasteiger partial charge in [0, 0.05) is 5.69 Å². The highest BCUT2D eigenvalue weighted by molar-refractivity contribution is 5.87. The molecule has 1 aromatic carbocycles. The first-order chi connectivity index (χ1) is 12.8. The second kappa shape index (κ2) is 7.14. The maximum absolute atomic E-state index is 12.8. The van der Waals surface area contributed by atoms with E-state index in [1.807, 2.05) is 30.3 Å². The van der Waals surface area contributed by atoms with Crippen molar-refractivity contribution >= 4 is 23.3 Å². The molecule has 8 nitrogen and oxygen atoms in total. The third-order valence-corrected chi connectivity index (χ3v) is 3.49. The number of carbonyl (C=O) groups excluding carboxylic acids is 1. The highest BCUT2D eigenvalue weighted by Gasteiger charge is 2.43. The van der Waals surface area contributed by atoms with Crippen LogP contribution in [0.15, 0.2) is 64.7 Å². The van der Waals surface area contributed by atoms with E-state index in [0.717, 1.165) is 5.69 Å². The monoisotopic (exact) mass is 366 g/mol. The van der Waals surface area contributed by atoms with Gasteiger partial charge < -0.3 is 15.4 Å². The fraction of sp³-hybridized carbons (Fsp3) is 0.316. The van der Waals surface area contributed by atoms with Crippen LogP contribution in [0.1, 0.15) is 27.7 Å². The molecular weight excluding hydrogens is 344 g/mol. The number of nitrogens with one attached hydrogen (secondary N) is 2. The molecule has 0 spiro atoms. The zero-order valence-corrected chi connectivity index (χ0v) is 15.7. The lowest BCUT2D eigenvalue weighted by atomic mass is 10.1. The number of azo groups is 1. The lowest BCUT2D eigenvalue weighted by Gasteiger charge is -2.27. The molecule has 0 saturated heterocycles. The van der Waals surface area contributed by atoms with E-state index < -0.39 is 17.2 Å². The van der Waals surface area contributed by atoms with Crippen LogP contribution in [0.3, 0.4) is 0 Å². The summed E-state index contributed by atoms with van der Waals surface area (Å²) in [5, 5.41) is 14.3. The number of hydrogen-bond donors (Lipinski definition) is 2. The predicted molar refractivity (Wildman–Crippen MR) is 103 cm³/mol. The average Bonchev–Trinajstić information content (AvgIpc) is 2.97. The third-order valence-electron chi connectivity index (χ3n) is 3.49.